The number of hydrogen-bond acceptors (Lipinski definition) is 3. The lowest BCUT2D eigenvalue weighted by Gasteiger charge is -2.34. The molecule has 0 aromatic heterocycles. The van der Waals surface area contributed by atoms with Gasteiger partial charge in [0.15, 0.2) is 0 Å². The fourth-order valence-electron chi connectivity index (χ4n) is 3.01. The molecule has 2 rings (SSSR count). The molecular weight excluding hydrogens is 190 g/mol. The van der Waals surface area contributed by atoms with E-state index >= 15 is 0 Å². The van der Waals surface area contributed by atoms with E-state index in [-0.39, 0.29) is 0 Å². The predicted molar refractivity (Wildman–Crippen MR) is 59.6 cm³/mol. The number of β-amino-alcohol motifs (C(OH)–C–C–N with tert-alkyl or cyclic N) is 2. The normalized spacial score (nSPS) is 43.4. The zero-order chi connectivity index (χ0) is 10.8. The van der Waals surface area contributed by atoms with Crippen LogP contribution >= 0.6 is 0 Å². The molecule has 3 nitrogen and oxygen atoms in total. The molecule has 2 unspecified atom stereocenters. The van der Waals surface area contributed by atoms with Crippen LogP contribution in [-0.4, -0.2) is 46.5 Å². The maximum atomic E-state index is 9.51. The molecule has 1 saturated heterocycles. The van der Waals surface area contributed by atoms with Gasteiger partial charge in [-0.3, -0.25) is 4.90 Å². The third-order valence-corrected chi connectivity index (χ3v) is 4.20. The number of aliphatic hydroxyl groups is 2. The van der Waals surface area contributed by atoms with Crippen LogP contribution in [-0.2, 0) is 0 Å². The van der Waals surface area contributed by atoms with Crippen LogP contribution in [0.15, 0.2) is 0 Å². The second-order valence-electron chi connectivity index (χ2n) is 5.17. The molecule has 2 aliphatic rings. The van der Waals surface area contributed by atoms with Crippen molar-refractivity contribution < 1.29 is 10.2 Å². The Morgan fingerprint density at radius 2 is 1.53 bits per heavy atom. The highest BCUT2D eigenvalue weighted by molar-refractivity contribution is 4.89. The van der Waals surface area contributed by atoms with Gasteiger partial charge in [-0.2, -0.15) is 0 Å². The highest BCUT2D eigenvalue weighted by Gasteiger charge is 2.35. The molecule has 0 radical (unpaired) electrons. The van der Waals surface area contributed by atoms with Crippen molar-refractivity contribution in [3.63, 3.8) is 0 Å². The van der Waals surface area contributed by atoms with Crippen molar-refractivity contribution in [1.82, 2.24) is 4.90 Å². The summed E-state index contributed by atoms with van der Waals surface area (Å²) in [5, 5.41) is 19.0. The van der Waals surface area contributed by atoms with Gasteiger partial charge in [-0.25, -0.2) is 0 Å². The first-order valence-corrected chi connectivity index (χ1v) is 6.31. The van der Waals surface area contributed by atoms with Gasteiger partial charge in [-0.05, 0) is 31.6 Å². The predicted octanol–water partition coefficient (Wildman–Crippen LogP) is 0.993. The van der Waals surface area contributed by atoms with E-state index < -0.39 is 12.2 Å². The van der Waals surface area contributed by atoms with Crippen LogP contribution in [0.2, 0.25) is 0 Å². The van der Waals surface area contributed by atoms with Crippen molar-refractivity contribution in [2.75, 3.05) is 13.1 Å². The average Bonchev–Trinajstić information content (AvgIpc) is 2.59. The van der Waals surface area contributed by atoms with Crippen LogP contribution in [0.1, 0.15) is 39.0 Å². The summed E-state index contributed by atoms with van der Waals surface area (Å²) in [7, 11) is 0. The quantitative estimate of drug-likeness (QED) is 0.719. The van der Waals surface area contributed by atoms with Crippen LogP contribution in [0, 0.1) is 5.92 Å². The summed E-state index contributed by atoms with van der Waals surface area (Å²) in [5.74, 6) is 0.915. The van der Waals surface area contributed by atoms with Crippen molar-refractivity contribution in [3.8, 4) is 0 Å². The van der Waals surface area contributed by atoms with Crippen LogP contribution in [0.4, 0.5) is 0 Å². The summed E-state index contributed by atoms with van der Waals surface area (Å²) < 4.78 is 0. The second kappa shape index (κ2) is 4.81. The molecule has 1 aliphatic carbocycles. The summed E-state index contributed by atoms with van der Waals surface area (Å²) in [6, 6.07) is 0.611. The van der Waals surface area contributed by atoms with Crippen molar-refractivity contribution >= 4 is 0 Å². The largest absolute Gasteiger partial charge is 0.389 e. The molecule has 0 aromatic rings. The minimum Gasteiger partial charge on any atom is -0.389 e. The van der Waals surface area contributed by atoms with Crippen molar-refractivity contribution in [3.05, 3.63) is 0 Å². The smallest absolute Gasteiger partial charge is 0.0938 e. The van der Waals surface area contributed by atoms with Crippen molar-refractivity contribution in [2.24, 2.45) is 5.92 Å². The van der Waals surface area contributed by atoms with Gasteiger partial charge in [0.25, 0.3) is 0 Å². The minimum atomic E-state index is -0.520. The topological polar surface area (TPSA) is 43.7 Å². The van der Waals surface area contributed by atoms with E-state index in [9.17, 15) is 10.2 Å². The summed E-state index contributed by atoms with van der Waals surface area (Å²) >= 11 is 0. The van der Waals surface area contributed by atoms with Crippen LogP contribution in [0.5, 0.6) is 0 Å². The molecule has 0 spiro atoms. The first-order valence-electron chi connectivity index (χ1n) is 6.31. The number of nitrogens with zero attached hydrogens (tertiary/aromatic N) is 1. The Balaban J connectivity index is 1.81. The minimum absolute atomic E-state index is 0.520. The molecule has 1 saturated carbocycles. The molecule has 2 fully saturated rings. The highest BCUT2D eigenvalue weighted by Crippen LogP contribution is 2.31. The van der Waals surface area contributed by atoms with Crippen molar-refractivity contribution in [2.45, 2.75) is 57.3 Å². The van der Waals surface area contributed by atoms with Gasteiger partial charge < -0.3 is 10.2 Å². The van der Waals surface area contributed by atoms with E-state index in [0.29, 0.717) is 19.1 Å². The Hall–Kier alpha value is -0.120. The second-order valence-corrected chi connectivity index (χ2v) is 5.17. The number of aliphatic hydroxyl groups excluding tert-OH is 2. The fourth-order valence-corrected chi connectivity index (χ4v) is 3.01. The number of hydrogen-bond donors (Lipinski definition) is 2. The van der Waals surface area contributed by atoms with Crippen LogP contribution in [0.3, 0.4) is 0 Å². The summed E-state index contributed by atoms with van der Waals surface area (Å²) in [6.45, 7) is 3.61. The maximum Gasteiger partial charge on any atom is 0.0938 e. The van der Waals surface area contributed by atoms with Gasteiger partial charge in [0.1, 0.15) is 0 Å². The Labute approximate surface area is 92.1 Å². The van der Waals surface area contributed by atoms with E-state index in [1.54, 1.807) is 0 Å². The molecule has 15 heavy (non-hydrogen) atoms. The van der Waals surface area contributed by atoms with Gasteiger partial charge in [-0.15, -0.1) is 0 Å². The van der Waals surface area contributed by atoms with E-state index in [0.717, 1.165) is 5.92 Å². The molecule has 0 aromatic carbocycles. The van der Waals surface area contributed by atoms with E-state index in [4.69, 9.17) is 0 Å². The van der Waals surface area contributed by atoms with E-state index in [1.165, 1.54) is 32.1 Å². The van der Waals surface area contributed by atoms with Gasteiger partial charge in [0, 0.05) is 19.1 Å². The molecule has 1 heterocycles. The molecule has 2 N–H and O–H groups in total. The zero-order valence-electron chi connectivity index (χ0n) is 9.60. The standard InChI is InChI=1S/C12H23NO2/c1-2-9-3-5-10(6-4-9)13-7-11(14)12(15)8-13/h9-12,14-15H,2-8H2,1H3. The summed E-state index contributed by atoms with van der Waals surface area (Å²) in [5.41, 5.74) is 0. The van der Waals surface area contributed by atoms with Gasteiger partial charge in [-0.1, -0.05) is 13.3 Å². The molecule has 3 heteroatoms. The van der Waals surface area contributed by atoms with Gasteiger partial charge in [0.05, 0.1) is 12.2 Å². The lowest BCUT2D eigenvalue weighted by molar-refractivity contribution is 0.0572. The van der Waals surface area contributed by atoms with Crippen LogP contribution < -0.4 is 0 Å². The third kappa shape index (κ3) is 2.52. The van der Waals surface area contributed by atoms with Gasteiger partial charge >= 0.3 is 0 Å². The average molecular weight is 213 g/mol. The van der Waals surface area contributed by atoms with E-state index in [2.05, 4.69) is 11.8 Å². The summed E-state index contributed by atoms with van der Waals surface area (Å²) in [6.07, 6.45) is 5.41. The van der Waals surface area contributed by atoms with Crippen LogP contribution in [0.25, 0.3) is 0 Å². The monoisotopic (exact) mass is 213 g/mol. The molecule has 0 bridgehead atoms. The first-order chi connectivity index (χ1) is 7.20. The van der Waals surface area contributed by atoms with E-state index in [1.807, 2.05) is 0 Å². The lowest BCUT2D eigenvalue weighted by Crippen LogP contribution is -2.37. The van der Waals surface area contributed by atoms with Gasteiger partial charge in [0.2, 0.25) is 0 Å². The SMILES string of the molecule is CCC1CCC(N2CC(O)C(O)C2)CC1. The lowest BCUT2D eigenvalue weighted by atomic mass is 9.84. The molecule has 88 valence electrons. The molecular formula is C12H23NO2. The Morgan fingerprint density at radius 3 is 2.00 bits per heavy atom. The third-order valence-electron chi connectivity index (χ3n) is 4.20. The Kier molecular flexibility index (Phi) is 3.65. The zero-order valence-corrected chi connectivity index (χ0v) is 9.60. The first kappa shape index (κ1) is 11.4. The molecule has 1 aliphatic heterocycles. The summed E-state index contributed by atoms with van der Waals surface area (Å²) in [4.78, 5) is 2.28. The fraction of sp³-hybridized carbons (Fsp3) is 1.00. The number of likely N-dealkylation sites (tertiary alicyclic amines) is 1. The highest BCUT2D eigenvalue weighted by atomic mass is 16.3. The Bertz CT molecular complexity index is 192. The Morgan fingerprint density at radius 1 is 1.00 bits per heavy atom. The maximum absolute atomic E-state index is 9.51. The molecule has 0 amide bonds. The molecule has 2 atom stereocenters. The van der Waals surface area contributed by atoms with Crippen molar-refractivity contribution in [1.29, 1.82) is 0 Å². The number of rotatable bonds is 2.